The Labute approximate surface area is 201 Å². The number of nitrogens with zero attached hydrogens (tertiary/aromatic N) is 1. The average molecular weight is 457 g/mol. The fraction of sp³-hybridized carbons (Fsp3) is 0. The number of nitrogens with one attached hydrogen (secondary N) is 1. The Bertz CT molecular complexity index is 1690. The van der Waals surface area contributed by atoms with Crippen molar-refractivity contribution in [2.45, 2.75) is 0 Å². The van der Waals surface area contributed by atoms with Crippen molar-refractivity contribution >= 4 is 39.5 Å². The van der Waals surface area contributed by atoms with E-state index in [-0.39, 0.29) is 5.91 Å². The quantitative estimate of drug-likeness (QED) is 0.272. The minimum atomic E-state index is -0.264. The summed E-state index contributed by atoms with van der Waals surface area (Å²) in [6, 6.07) is 33.2. The second-order valence-electron chi connectivity index (χ2n) is 8.15. The predicted molar refractivity (Wildman–Crippen MR) is 139 cm³/mol. The minimum absolute atomic E-state index is 0.264. The molecule has 2 heterocycles. The second-order valence-corrected chi connectivity index (χ2v) is 8.15. The number of anilines is 1. The number of oxazole rings is 1. The molecule has 2 aromatic heterocycles. The molecule has 0 aliphatic carbocycles. The van der Waals surface area contributed by atoms with Gasteiger partial charge in [-0.2, -0.15) is 0 Å². The number of aromatic nitrogens is 1. The molecule has 4 aromatic carbocycles. The van der Waals surface area contributed by atoms with Crippen molar-refractivity contribution < 1.29 is 13.6 Å². The van der Waals surface area contributed by atoms with Crippen LogP contribution >= 0.6 is 0 Å². The Balaban J connectivity index is 1.17. The summed E-state index contributed by atoms with van der Waals surface area (Å²) in [6.45, 7) is 0. The van der Waals surface area contributed by atoms with E-state index in [0.29, 0.717) is 28.4 Å². The third-order valence-corrected chi connectivity index (χ3v) is 5.74. The molecule has 0 spiro atoms. The van der Waals surface area contributed by atoms with E-state index in [4.69, 9.17) is 8.83 Å². The van der Waals surface area contributed by atoms with Crippen LogP contribution < -0.4 is 5.32 Å². The van der Waals surface area contributed by atoms with Gasteiger partial charge in [-0.1, -0.05) is 60.7 Å². The van der Waals surface area contributed by atoms with Gasteiger partial charge in [-0.15, -0.1) is 0 Å². The highest BCUT2D eigenvalue weighted by molar-refractivity contribution is 6.02. The van der Waals surface area contributed by atoms with Crippen LogP contribution in [0.5, 0.6) is 0 Å². The average Bonchev–Trinajstić information content (AvgIpc) is 3.55. The Morgan fingerprint density at radius 1 is 0.743 bits per heavy atom. The predicted octanol–water partition coefficient (Wildman–Crippen LogP) is 7.56. The Kier molecular flexibility index (Phi) is 5.20. The zero-order chi connectivity index (χ0) is 23.6. The van der Waals surface area contributed by atoms with E-state index in [0.717, 1.165) is 27.7 Å². The van der Waals surface area contributed by atoms with Gasteiger partial charge in [0.2, 0.25) is 11.8 Å². The Morgan fingerprint density at radius 3 is 2.46 bits per heavy atom. The van der Waals surface area contributed by atoms with Crippen LogP contribution in [-0.4, -0.2) is 10.9 Å². The van der Waals surface area contributed by atoms with Gasteiger partial charge in [0, 0.05) is 22.9 Å². The number of carbonyl (C=O) groups excluding carboxylic acids is 1. The van der Waals surface area contributed by atoms with E-state index < -0.39 is 0 Å². The second kappa shape index (κ2) is 8.80. The van der Waals surface area contributed by atoms with Gasteiger partial charge in [0.25, 0.3) is 0 Å². The third-order valence-electron chi connectivity index (χ3n) is 5.74. The number of amides is 1. The number of hydrogen-bond donors (Lipinski definition) is 1. The fourth-order valence-electron chi connectivity index (χ4n) is 3.99. The first kappa shape index (κ1) is 20.7. The number of carbonyl (C=O) groups is 1. The van der Waals surface area contributed by atoms with Gasteiger partial charge >= 0.3 is 0 Å². The highest BCUT2D eigenvalue weighted by Crippen LogP contribution is 2.28. The molecule has 35 heavy (non-hydrogen) atoms. The zero-order valence-corrected chi connectivity index (χ0v) is 18.6. The van der Waals surface area contributed by atoms with Crippen molar-refractivity contribution in [3.05, 3.63) is 115 Å². The van der Waals surface area contributed by atoms with Crippen molar-refractivity contribution in [1.29, 1.82) is 0 Å². The summed E-state index contributed by atoms with van der Waals surface area (Å²) in [6.07, 6.45) is 3.09. The lowest BCUT2D eigenvalue weighted by atomic mass is 10.1. The van der Waals surface area contributed by atoms with Crippen LogP contribution in [0.4, 0.5) is 5.69 Å². The zero-order valence-electron chi connectivity index (χ0n) is 18.6. The van der Waals surface area contributed by atoms with E-state index in [1.807, 2.05) is 66.7 Å². The molecule has 0 aliphatic heterocycles. The summed E-state index contributed by atoms with van der Waals surface area (Å²) in [5, 5.41) is 5.15. The molecule has 5 nitrogen and oxygen atoms in total. The lowest BCUT2D eigenvalue weighted by molar-refractivity contribution is -0.111. The van der Waals surface area contributed by atoms with Crippen LogP contribution in [0.15, 0.2) is 118 Å². The Morgan fingerprint density at radius 2 is 1.57 bits per heavy atom. The van der Waals surface area contributed by atoms with Crippen molar-refractivity contribution in [3.8, 4) is 22.8 Å². The molecule has 0 saturated carbocycles. The van der Waals surface area contributed by atoms with Crippen LogP contribution in [0.3, 0.4) is 0 Å². The van der Waals surface area contributed by atoms with Gasteiger partial charge in [0.1, 0.15) is 17.0 Å². The molecule has 5 heteroatoms. The summed E-state index contributed by atoms with van der Waals surface area (Å²) in [7, 11) is 0. The van der Waals surface area contributed by atoms with Crippen LogP contribution in [0.1, 0.15) is 5.76 Å². The minimum Gasteiger partial charge on any atom is -0.457 e. The van der Waals surface area contributed by atoms with Crippen LogP contribution in [0.25, 0.3) is 50.7 Å². The summed E-state index contributed by atoms with van der Waals surface area (Å²) in [5.74, 6) is 1.64. The number of benzene rings is 4. The molecule has 6 aromatic rings. The van der Waals surface area contributed by atoms with Gasteiger partial charge in [-0.3, -0.25) is 4.79 Å². The van der Waals surface area contributed by atoms with Crippen molar-refractivity contribution in [1.82, 2.24) is 4.98 Å². The maximum atomic E-state index is 12.5. The van der Waals surface area contributed by atoms with Gasteiger partial charge in [0.05, 0.1) is 0 Å². The molecular formula is C30H20N2O3. The van der Waals surface area contributed by atoms with E-state index in [9.17, 15) is 4.79 Å². The smallest absolute Gasteiger partial charge is 0.248 e. The summed E-state index contributed by atoms with van der Waals surface area (Å²) in [5.41, 5.74) is 3.86. The molecule has 6 rings (SSSR count). The number of fused-ring (bicyclic) bond motifs is 2. The topological polar surface area (TPSA) is 68.3 Å². The van der Waals surface area contributed by atoms with Gasteiger partial charge in [0.15, 0.2) is 5.58 Å². The van der Waals surface area contributed by atoms with Gasteiger partial charge < -0.3 is 14.2 Å². The number of hydrogen-bond acceptors (Lipinski definition) is 4. The molecule has 0 unspecified atom stereocenters. The monoisotopic (exact) mass is 456 g/mol. The molecule has 0 radical (unpaired) electrons. The first-order valence-electron chi connectivity index (χ1n) is 11.3. The van der Waals surface area contributed by atoms with Crippen LogP contribution in [0.2, 0.25) is 0 Å². The van der Waals surface area contributed by atoms with E-state index >= 15 is 0 Å². The Hall–Kier alpha value is -4.90. The maximum Gasteiger partial charge on any atom is 0.248 e. The van der Waals surface area contributed by atoms with Crippen LogP contribution in [0, 0.1) is 0 Å². The maximum absolute atomic E-state index is 12.5. The summed E-state index contributed by atoms with van der Waals surface area (Å²) in [4.78, 5) is 17.1. The van der Waals surface area contributed by atoms with Crippen molar-refractivity contribution in [3.63, 3.8) is 0 Å². The number of furan rings is 1. The summed E-state index contributed by atoms with van der Waals surface area (Å²) < 4.78 is 11.8. The number of rotatable bonds is 5. The molecule has 0 aliphatic rings. The van der Waals surface area contributed by atoms with Crippen molar-refractivity contribution in [2.24, 2.45) is 0 Å². The first-order valence-corrected chi connectivity index (χ1v) is 11.3. The molecule has 1 N–H and O–H groups in total. The molecular weight excluding hydrogens is 436 g/mol. The van der Waals surface area contributed by atoms with Gasteiger partial charge in [-0.05, 0) is 59.3 Å². The summed E-state index contributed by atoms with van der Waals surface area (Å²) >= 11 is 0. The molecule has 0 bridgehead atoms. The molecule has 0 atom stereocenters. The molecule has 0 fully saturated rings. The SMILES string of the molecule is O=C(/C=C/c1ccc(-c2ccccc2)o1)Nc1ccc2oc(-c3ccc4ccccc4c3)nc2c1. The standard InChI is InChI=1S/C30H20N2O3/c33-29(17-14-25-13-16-27(34-25)21-7-2-1-3-8-21)31-24-12-15-28-26(19-24)32-30(35-28)23-11-10-20-6-4-5-9-22(20)18-23/h1-19H,(H,31,33)/b17-14+. The highest BCUT2D eigenvalue weighted by atomic mass is 16.3. The lowest BCUT2D eigenvalue weighted by Crippen LogP contribution is -2.07. The van der Waals surface area contributed by atoms with E-state index in [1.165, 1.54) is 6.08 Å². The van der Waals surface area contributed by atoms with Crippen LogP contribution in [-0.2, 0) is 4.79 Å². The largest absolute Gasteiger partial charge is 0.457 e. The normalized spacial score (nSPS) is 11.4. The van der Waals surface area contributed by atoms with Crippen molar-refractivity contribution in [2.75, 3.05) is 5.32 Å². The third kappa shape index (κ3) is 4.35. The van der Waals surface area contributed by atoms with Gasteiger partial charge in [-0.25, -0.2) is 4.98 Å². The van der Waals surface area contributed by atoms with E-state index in [2.05, 4.69) is 34.6 Å². The highest BCUT2D eigenvalue weighted by Gasteiger charge is 2.10. The van der Waals surface area contributed by atoms with E-state index in [1.54, 1.807) is 18.2 Å². The first-order chi connectivity index (χ1) is 17.2. The molecule has 168 valence electrons. The fourth-order valence-corrected chi connectivity index (χ4v) is 3.99. The molecule has 1 amide bonds. The lowest BCUT2D eigenvalue weighted by Gasteiger charge is -2.00. The molecule has 0 saturated heterocycles.